The smallest absolute Gasteiger partial charge is 0.231 e. The topological polar surface area (TPSA) is 64.1 Å². The van der Waals surface area contributed by atoms with Crippen molar-refractivity contribution >= 4 is 11.7 Å². The fourth-order valence-electron chi connectivity index (χ4n) is 1.66. The van der Waals surface area contributed by atoms with Crippen LogP contribution in [-0.2, 0) is 9.53 Å². The lowest BCUT2D eigenvalue weighted by Crippen LogP contribution is -2.28. The Kier molecular flexibility index (Phi) is 2.91. The molecule has 0 saturated carbocycles. The molecule has 2 atom stereocenters. The van der Waals surface area contributed by atoms with Gasteiger partial charge in [-0.1, -0.05) is 0 Å². The van der Waals surface area contributed by atoms with Gasteiger partial charge in [0.05, 0.1) is 18.2 Å². The Hall–Kier alpha value is -1.49. The lowest BCUT2D eigenvalue weighted by molar-refractivity contribution is -0.121. The molecule has 1 aromatic heterocycles. The van der Waals surface area contributed by atoms with Crippen molar-refractivity contribution in [2.24, 2.45) is 5.92 Å². The molecule has 1 saturated heterocycles. The molecular weight excluding hydrogens is 194 g/mol. The van der Waals surface area contributed by atoms with Crippen LogP contribution in [0.15, 0.2) is 18.6 Å². The van der Waals surface area contributed by atoms with Gasteiger partial charge in [0, 0.05) is 19.0 Å². The molecule has 1 aliphatic heterocycles. The standard InChI is InChI=1S/C10H13N3O2/c1-7-8(2-5-15-7)10(14)13-9-6-11-3-4-12-9/h3-4,6-8H,2,5H2,1H3,(H,12,13,14). The van der Waals surface area contributed by atoms with E-state index in [-0.39, 0.29) is 17.9 Å². The third kappa shape index (κ3) is 2.30. The second kappa shape index (κ2) is 4.35. The molecule has 1 amide bonds. The molecule has 0 radical (unpaired) electrons. The fraction of sp³-hybridized carbons (Fsp3) is 0.500. The molecule has 1 N–H and O–H groups in total. The van der Waals surface area contributed by atoms with Crippen molar-refractivity contribution in [3.63, 3.8) is 0 Å². The number of nitrogens with one attached hydrogen (secondary N) is 1. The molecular formula is C10H13N3O2. The molecule has 5 nitrogen and oxygen atoms in total. The van der Waals surface area contributed by atoms with E-state index in [9.17, 15) is 4.79 Å². The van der Waals surface area contributed by atoms with Gasteiger partial charge in [-0.2, -0.15) is 0 Å². The average Bonchev–Trinajstić information content (AvgIpc) is 2.66. The maximum absolute atomic E-state index is 11.8. The SMILES string of the molecule is CC1OCCC1C(=O)Nc1cnccn1. The Morgan fingerprint density at radius 3 is 3.07 bits per heavy atom. The molecule has 2 unspecified atom stereocenters. The number of aromatic nitrogens is 2. The molecule has 5 heteroatoms. The van der Waals surface area contributed by atoms with Gasteiger partial charge in [-0.25, -0.2) is 4.98 Å². The summed E-state index contributed by atoms with van der Waals surface area (Å²) in [6.07, 6.45) is 5.40. The summed E-state index contributed by atoms with van der Waals surface area (Å²) in [4.78, 5) is 19.6. The second-order valence-electron chi connectivity index (χ2n) is 3.55. The second-order valence-corrected chi connectivity index (χ2v) is 3.55. The van der Waals surface area contributed by atoms with Crippen molar-refractivity contribution in [3.05, 3.63) is 18.6 Å². The number of amides is 1. The monoisotopic (exact) mass is 207 g/mol. The van der Waals surface area contributed by atoms with Gasteiger partial charge in [-0.05, 0) is 13.3 Å². The number of carbonyl (C=O) groups is 1. The first-order valence-corrected chi connectivity index (χ1v) is 4.96. The highest BCUT2D eigenvalue weighted by molar-refractivity contribution is 5.92. The maximum Gasteiger partial charge on any atom is 0.231 e. The van der Waals surface area contributed by atoms with Crippen LogP contribution < -0.4 is 5.32 Å². The molecule has 80 valence electrons. The summed E-state index contributed by atoms with van der Waals surface area (Å²) in [6, 6.07) is 0. The van der Waals surface area contributed by atoms with E-state index in [1.54, 1.807) is 12.4 Å². The lowest BCUT2D eigenvalue weighted by atomic mass is 10.0. The van der Waals surface area contributed by atoms with Gasteiger partial charge in [0.1, 0.15) is 0 Å². The fourth-order valence-corrected chi connectivity index (χ4v) is 1.66. The van der Waals surface area contributed by atoms with Gasteiger partial charge >= 0.3 is 0 Å². The molecule has 1 aliphatic rings. The number of nitrogens with zero attached hydrogens (tertiary/aromatic N) is 2. The first-order chi connectivity index (χ1) is 7.27. The van der Waals surface area contributed by atoms with Crippen molar-refractivity contribution in [2.75, 3.05) is 11.9 Å². The van der Waals surface area contributed by atoms with Gasteiger partial charge in [0.15, 0.2) is 5.82 Å². The highest BCUT2D eigenvalue weighted by Gasteiger charge is 2.30. The Balaban J connectivity index is 1.98. The summed E-state index contributed by atoms with van der Waals surface area (Å²) in [5.41, 5.74) is 0. The number of anilines is 1. The van der Waals surface area contributed by atoms with E-state index in [1.165, 1.54) is 6.20 Å². The zero-order valence-corrected chi connectivity index (χ0v) is 8.51. The lowest BCUT2D eigenvalue weighted by Gasteiger charge is -2.12. The van der Waals surface area contributed by atoms with Crippen LogP contribution in [0.5, 0.6) is 0 Å². The molecule has 2 rings (SSSR count). The van der Waals surface area contributed by atoms with E-state index in [0.29, 0.717) is 12.4 Å². The minimum absolute atomic E-state index is 0.0123. The average molecular weight is 207 g/mol. The van der Waals surface area contributed by atoms with Crippen molar-refractivity contribution in [2.45, 2.75) is 19.4 Å². The van der Waals surface area contributed by atoms with E-state index in [2.05, 4.69) is 15.3 Å². The summed E-state index contributed by atoms with van der Waals surface area (Å²) in [6.45, 7) is 2.56. The summed E-state index contributed by atoms with van der Waals surface area (Å²) >= 11 is 0. The quantitative estimate of drug-likeness (QED) is 0.780. The predicted octanol–water partition coefficient (Wildman–Crippen LogP) is 0.840. The molecule has 1 fully saturated rings. The third-order valence-electron chi connectivity index (χ3n) is 2.53. The van der Waals surface area contributed by atoms with Crippen LogP contribution in [0, 0.1) is 5.92 Å². The highest BCUT2D eigenvalue weighted by Crippen LogP contribution is 2.21. The van der Waals surface area contributed by atoms with Crippen LogP contribution in [0.4, 0.5) is 5.82 Å². The van der Waals surface area contributed by atoms with Crippen molar-refractivity contribution < 1.29 is 9.53 Å². The highest BCUT2D eigenvalue weighted by atomic mass is 16.5. The molecule has 0 bridgehead atoms. The van der Waals surface area contributed by atoms with Crippen LogP contribution >= 0.6 is 0 Å². The van der Waals surface area contributed by atoms with E-state index in [0.717, 1.165) is 6.42 Å². The van der Waals surface area contributed by atoms with Gasteiger partial charge in [0.25, 0.3) is 0 Å². The summed E-state index contributed by atoms with van der Waals surface area (Å²) < 4.78 is 5.33. The molecule has 0 spiro atoms. The zero-order valence-electron chi connectivity index (χ0n) is 8.51. The van der Waals surface area contributed by atoms with Crippen LogP contribution in [0.1, 0.15) is 13.3 Å². The van der Waals surface area contributed by atoms with Crippen molar-refractivity contribution in [3.8, 4) is 0 Å². The van der Waals surface area contributed by atoms with Crippen LogP contribution in [0.2, 0.25) is 0 Å². The number of ether oxygens (including phenoxy) is 1. The van der Waals surface area contributed by atoms with Crippen LogP contribution in [0.25, 0.3) is 0 Å². The Labute approximate surface area is 87.9 Å². The van der Waals surface area contributed by atoms with Crippen molar-refractivity contribution in [1.82, 2.24) is 9.97 Å². The molecule has 2 heterocycles. The minimum atomic E-state index is -0.0768. The molecule has 0 aromatic carbocycles. The molecule has 15 heavy (non-hydrogen) atoms. The summed E-state index contributed by atoms with van der Waals surface area (Å²) in [7, 11) is 0. The van der Waals surface area contributed by atoms with Gasteiger partial charge in [0.2, 0.25) is 5.91 Å². The number of carbonyl (C=O) groups excluding carboxylic acids is 1. The normalized spacial score (nSPS) is 25.1. The molecule has 1 aromatic rings. The summed E-state index contributed by atoms with van der Waals surface area (Å²) in [5, 5.41) is 2.72. The van der Waals surface area contributed by atoms with Gasteiger partial charge in [-0.15, -0.1) is 0 Å². The Morgan fingerprint density at radius 2 is 2.47 bits per heavy atom. The van der Waals surface area contributed by atoms with Gasteiger partial charge in [-0.3, -0.25) is 9.78 Å². The number of hydrogen-bond donors (Lipinski definition) is 1. The first kappa shape index (κ1) is 10.0. The van der Waals surface area contributed by atoms with E-state index >= 15 is 0 Å². The largest absolute Gasteiger partial charge is 0.378 e. The predicted molar refractivity (Wildman–Crippen MR) is 54.2 cm³/mol. The van der Waals surface area contributed by atoms with E-state index in [1.807, 2.05) is 6.92 Å². The third-order valence-corrected chi connectivity index (χ3v) is 2.53. The number of hydrogen-bond acceptors (Lipinski definition) is 4. The minimum Gasteiger partial charge on any atom is -0.378 e. The Morgan fingerprint density at radius 1 is 1.60 bits per heavy atom. The summed E-state index contributed by atoms with van der Waals surface area (Å²) in [5.74, 6) is 0.370. The van der Waals surface area contributed by atoms with Crippen LogP contribution in [-0.4, -0.2) is 28.6 Å². The molecule has 0 aliphatic carbocycles. The van der Waals surface area contributed by atoms with E-state index in [4.69, 9.17) is 4.74 Å². The van der Waals surface area contributed by atoms with Gasteiger partial charge < -0.3 is 10.1 Å². The van der Waals surface area contributed by atoms with Crippen molar-refractivity contribution in [1.29, 1.82) is 0 Å². The van der Waals surface area contributed by atoms with Crippen LogP contribution in [0.3, 0.4) is 0 Å². The first-order valence-electron chi connectivity index (χ1n) is 4.96. The maximum atomic E-state index is 11.8. The Bertz CT molecular complexity index is 342. The van der Waals surface area contributed by atoms with E-state index < -0.39 is 0 Å². The zero-order chi connectivity index (χ0) is 10.7. The number of rotatable bonds is 2.